The number of carbonyl (C=O) groups excluding carboxylic acids is 2. The molecule has 7 heteroatoms. The van der Waals surface area contributed by atoms with Crippen molar-refractivity contribution in [3.05, 3.63) is 46.5 Å². The molecule has 24 heavy (non-hydrogen) atoms. The van der Waals surface area contributed by atoms with Crippen LogP contribution in [-0.2, 0) is 11.2 Å². The van der Waals surface area contributed by atoms with Crippen LogP contribution in [0.25, 0.3) is 0 Å². The fourth-order valence-electron chi connectivity index (χ4n) is 2.19. The molecule has 0 aliphatic carbocycles. The summed E-state index contributed by atoms with van der Waals surface area (Å²) in [7, 11) is 0. The Morgan fingerprint density at radius 1 is 1.33 bits per heavy atom. The number of carbonyl (C=O) groups is 2. The Labute approximate surface area is 149 Å². The van der Waals surface area contributed by atoms with Crippen LogP contribution in [0.3, 0.4) is 0 Å². The predicted octanol–water partition coefficient (Wildman–Crippen LogP) is 3.40. The highest BCUT2D eigenvalue weighted by atomic mass is 32.2. The number of aromatic nitrogens is 1. The van der Waals surface area contributed by atoms with Crippen LogP contribution in [0.4, 0.5) is 0 Å². The van der Waals surface area contributed by atoms with Crippen molar-refractivity contribution in [1.82, 2.24) is 10.3 Å². The number of esters is 1. The zero-order chi connectivity index (χ0) is 17.5. The smallest absolute Gasteiger partial charge is 0.350 e. The summed E-state index contributed by atoms with van der Waals surface area (Å²) >= 11 is 2.58. The van der Waals surface area contributed by atoms with Gasteiger partial charge in [-0.15, -0.1) is 0 Å². The number of hydrogen-bond donors (Lipinski definition) is 1. The molecule has 0 saturated carbocycles. The number of benzene rings is 1. The van der Waals surface area contributed by atoms with Gasteiger partial charge in [0.25, 0.3) is 5.91 Å². The molecular formula is C17H20N2O3S2. The van der Waals surface area contributed by atoms with Gasteiger partial charge in [-0.3, -0.25) is 4.79 Å². The molecule has 1 aromatic carbocycles. The van der Waals surface area contributed by atoms with Crippen LogP contribution in [0.1, 0.15) is 39.6 Å². The lowest BCUT2D eigenvalue weighted by Crippen LogP contribution is -2.35. The molecule has 0 aliphatic rings. The lowest BCUT2D eigenvalue weighted by molar-refractivity contribution is 0.0528. The maximum absolute atomic E-state index is 12.5. The van der Waals surface area contributed by atoms with Gasteiger partial charge in [0.15, 0.2) is 10.0 Å². The number of ether oxygens (including phenoxy) is 1. The summed E-state index contributed by atoms with van der Waals surface area (Å²) in [5, 5.41) is 2.91. The van der Waals surface area contributed by atoms with Crippen LogP contribution in [0.2, 0.25) is 0 Å². The SMILES string of the molecule is CCOC(=O)c1sc(SC)nc1C(=O)NC(C)Cc1ccccc1. The van der Waals surface area contributed by atoms with Gasteiger partial charge in [0, 0.05) is 6.04 Å². The van der Waals surface area contributed by atoms with E-state index in [4.69, 9.17) is 4.74 Å². The summed E-state index contributed by atoms with van der Waals surface area (Å²) in [5.74, 6) is -0.853. The summed E-state index contributed by atoms with van der Waals surface area (Å²) in [4.78, 5) is 29.1. The number of thioether (sulfide) groups is 1. The molecule has 0 saturated heterocycles. The first-order chi connectivity index (χ1) is 11.5. The van der Waals surface area contributed by atoms with Crippen LogP contribution in [0.15, 0.2) is 34.7 Å². The highest BCUT2D eigenvalue weighted by molar-refractivity contribution is 8.00. The van der Waals surface area contributed by atoms with Crippen molar-refractivity contribution in [1.29, 1.82) is 0 Å². The molecule has 2 rings (SSSR count). The minimum Gasteiger partial charge on any atom is -0.462 e. The average molecular weight is 364 g/mol. The van der Waals surface area contributed by atoms with E-state index in [1.165, 1.54) is 23.1 Å². The highest BCUT2D eigenvalue weighted by Crippen LogP contribution is 2.26. The molecule has 1 N–H and O–H groups in total. The predicted molar refractivity (Wildman–Crippen MR) is 96.9 cm³/mol. The summed E-state index contributed by atoms with van der Waals surface area (Å²) in [6.07, 6.45) is 2.56. The van der Waals surface area contributed by atoms with Gasteiger partial charge >= 0.3 is 5.97 Å². The number of nitrogens with one attached hydrogen (secondary N) is 1. The first-order valence-corrected chi connectivity index (χ1v) is 9.66. The molecule has 5 nitrogen and oxygen atoms in total. The van der Waals surface area contributed by atoms with Crippen LogP contribution in [-0.4, -0.2) is 35.8 Å². The molecule has 0 bridgehead atoms. The fourth-order valence-corrected chi connectivity index (χ4v) is 3.64. The summed E-state index contributed by atoms with van der Waals surface area (Å²) in [6, 6.07) is 9.84. The molecule has 1 amide bonds. The third-order valence-electron chi connectivity index (χ3n) is 3.22. The van der Waals surface area contributed by atoms with E-state index in [2.05, 4.69) is 10.3 Å². The Morgan fingerprint density at radius 2 is 2.04 bits per heavy atom. The number of thiazole rings is 1. The molecule has 0 aliphatic heterocycles. The molecular weight excluding hydrogens is 344 g/mol. The fraction of sp³-hybridized carbons (Fsp3) is 0.353. The van der Waals surface area contributed by atoms with E-state index in [1.807, 2.05) is 43.5 Å². The van der Waals surface area contributed by atoms with Crippen molar-refractivity contribution in [2.24, 2.45) is 0 Å². The van der Waals surface area contributed by atoms with E-state index in [0.29, 0.717) is 10.8 Å². The molecule has 1 unspecified atom stereocenters. The van der Waals surface area contributed by atoms with E-state index in [-0.39, 0.29) is 29.1 Å². The average Bonchev–Trinajstić information content (AvgIpc) is 3.00. The van der Waals surface area contributed by atoms with E-state index in [9.17, 15) is 9.59 Å². The molecule has 0 fully saturated rings. The van der Waals surface area contributed by atoms with E-state index >= 15 is 0 Å². The van der Waals surface area contributed by atoms with Gasteiger partial charge in [0.1, 0.15) is 4.88 Å². The number of hydrogen-bond acceptors (Lipinski definition) is 6. The Kier molecular flexibility index (Phi) is 6.81. The largest absolute Gasteiger partial charge is 0.462 e. The number of amides is 1. The topological polar surface area (TPSA) is 68.3 Å². The van der Waals surface area contributed by atoms with E-state index < -0.39 is 5.97 Å². The second-order valence-corrected chi connectivity index (χ2v) is 7.20. The Morgan fingerprint density at radius 3 is 2.67 bits per heavy atom. The normalized spacial score (nSPS) is 11.8. The van der Waals surface area contributed by atoms with Crippen LogP contribution in [0, 0.1) is 0 Å². The monoisotopic (exact) mass is 364 g/mol. The third kappa shape index (κ3) is 4.82. The van der Waals surface area contributed by atoms with Crippen molar-refractivity contribution in [2.75, 3.05) is 12.9 Å². The first kappa shape index (κ1) is 18.5. The standard InChI is InChI=1S/C17H20N2O3S2/c1-4-22-16(21)14-13(19-17(23-3)24-14)15(20)18-11(2)10-12-8-6-5-7-9-12/h5-9,11H,4,10H2,1-3H3,(H,18,20). The molecule has 1 heterocycles. The third-order valence-corrected chi connectivity index (χ3v) is 5.24. The summed E-state index contributed by atoms with van der Waals surface area (Å²) in [6.45, 7) is 3.92. The maximum Gasteiger partial charge on any atom is 0.350 e. The Balaban J connectivity index is 2.11. The van der Waals surface area contributed by atoms with Gasteiger partial charge in [-0.2, -0.15) is 0 Å². The van der Waals surface area contributed by atoms with Crippen molar-refractivity contribution in [3.8, 4) is 0 Å². The maximum atomic E-state index is 12.5. The lowest BCUT2D eigenvalue weighted by atomic mass is 10.1. The molecule has 1 aromatic heterocycles. The minimum atomic E-state index is -0.504. The first-order valence-electron chi connectivity index (χ1n) is 7.61. The number of nitrogens with zero attached hydrogens (tertiary/aromatic N) is 1. The summed E-state index contributed by atoms with van der Waals surface area (Å²) in [5.41, 5.74) is 1.28. The number of rotatable bonds is 7. The highest BCUT2D eigenvalue weighted by Gasteiger charge is 2.25. The molecule has 1 atom stereocenters. The van der Waals surface area contributed by atoms with Crippen molar-refractivity contribution in [3.63, 3.8) is 0 Å². The van der Waals surface area contributed by atoms with Gasteiger partial charge in [-0.1, -0.05) is 53.4 Å². The lowest BCUT2D eigenvalue weighted by Gasteiger charge is -2.13. The zero-order valence-corrected chi connectivity index (χ0v) is 15.5. The van der Waals surface area contributed by atoms with Crippen LogP contribution in [0.5, 0.6) is 0 Å². The van der Waals surface area contributed by atoms with E-state index in [0.717, 1.165) is 5.56 Å². The van der Waals surface area contributed by atoms with Gasteiger partial charge < -0.3 is 10.1 Å². The molecule has 128 valence electrons. The van der Waals surface area contributed by atoms with Crippen molar-refractivity contribution >= 4 is 35.0 Å². The zero-order valence-electron chi connectivity index (χ0n) is 13.9. The quantitative estimate of drug-likeness (QED) is 0.602. The second kappa shape index (κ2) is 8.84. The molecule has 0 spiro atoms. The van der Waals surface area contributed by atoms with Gasteiger partial charge in [0.2, 0.25) is 0 Å². The second-order valence-electron chi connectivity index (χ2n) is 5.15. The van der Waals surface area contributed by atoms with Crippen molar-refractivity contribution < 1.29 is 14.3 Å². The van der Waals surface area contributed by atoms with E-state index in [1.54, 1.807) is 6.92 Å². The Hall–Kier alpha value is -1.86. The minimum absolute atomic E-state index is 0.0747. The van der Waals surface area contributed by atoms with Gasteiger partial charge in [-0.25, -0.2) is 9.78 Å². The summed E-state index contributed by atoms with van der Waals surface area (Å²) < 4.78 is 5.69. The van der Waals surface area contributed by atoms with Crippen LogP contribution < -0.4 is 5.32 Å². The molecule has 2 aromatic rings. The Bertz CT molecular complexity index is 701. The van der Waals surface area contributed by atoms with Crippen molar-refractivity contribution in [2.45, 2.75) is 30.6 Å². The van der Waals surface area contributed by atoms with Gasteiger partial charge in [-0.05, 0) is 32.1 Å². The van der Waals surface area contributed by atoms with Crippen LogP contribution >= 0.6 is 23.1 Å². The van der Waals surface area contributed by atoms with Gasteiger partial charge in [0.05, 0.1) is 6.61 Å². The molecule has 0 radical (unpaired) electrons.